The molecule has 1 atom stereocenters. The number of amides is 1. The molecule has 0 aromatic heterocycles. The van der Waals surface area contributed by atoms with E-state index in [0.717, 1.165) is 50.0 Å². The van der Waals surface area contributed by atoms with Crippen LogP contribution in [0.2, 0.25) is 0 Å². The number of carbonyl (C=O) groups is 1. The van der Waals surface area contributed by atoms with Crippen LogP contribution in [0.25, 0.3) is 0 Å². The van der Waals surface area contributed by atoms with Gasteiger partial charge in [-0.15, -0.1) is 0 Å². The molecular formula is C24H30N2O2. The number of aliphatic hydroxyl groups excluding tert-OH is 1. The molecule has 2 heterocycles. The fourth-order valence-electron chi connectivity index (χ4n) is 4.75. The number of hydrogen-bond donors (Lipinski definition) is 1. The van der Waals surface area contributed by atoms with Crippen LogP contribution >= 0.6 is 0 Å². The number of likely N-dealkylation sites (tertiary alicyclic amines) is 2. The molecule has 2 saturated heterocycles. The predicted molar refractivity (Wildman–Crippen MR) is 111 cm³/mol. The molecule has 0 unspecified atom stereocenters. The minimum Gasteiger partial charge on any atom is -0.392 e. The second kappa shape index (κ2) is 8.89. The van der Waals surface area contributed by atoms with Crippen LogP contribution in [0.1, 0.15) is 40.7 Å². The van der Waals surface area contributed by atoms with Crippen LogP contribution in [0, 0.1) is 5.92 Å². The molecular weight excluding hydrogens is 348 g/mol. The minimum atomic E-state index is 0.116. The van der Waals surface area contributed by atoms with E-state index >= 15 is 0 Å². The summed E-state index contributed by atoms with van der Waals surface area (Å²) in [5.74, 6) is 0.861. The summed E-state index contributed by atoms with van der Waals surface area (Å²) in [4.78, 5) is 17.3. The van der Waals surface area contributed by atoms with Crippen molar-refractivity contribution in [3.05, 3.63) is 71.3 Å². The normalized spacial score (nSPS) is 21.2. The Morgan fingerprint density at radius 1 is 0.929 bits per heavy atom. The molecule has 148 valence electrons. The SMILES string of the molecule is O=C(c1ccccc1)N1CCC(N2CC[C@@H](Cc3cccc(CO)c3)C2)CC1. The van der Waals surface area contributed by atoms with Crippen LogP contribution in [0.15, 0.2) is 54.6 Å². The fraction of sp³-hybridized carbons (Fsp3) is 0.458. The van der Waals surface area contributed by atoms with E-state index in [1.807, 2.05) is 47.4 Å². The van der Waals surface area contributed by atoms with Gasteiger partial charge in [-0.2, -0.15) is 0 Å². The second-order valence-electron chi connectivity index (χ2n) is 8.22. The number of piperidine rings is 1. The number of benzene rings is 2. The summed E-state index contributed by atoms with van der Waals surface area (Å²) in [5, 5.41) is 9.33. The Morgan fingerprint density at radius 3 is 2.43 bits per heavy atom. The standard InChI is InChI=1S/C24H30N2O2/c27-18-21-6-4-5-19(16-21)15-20-9-12-26(17-20)23-10-13-25(14-11-23)24(28)22-7-2-1-3-8-22/h1-8,16,20,23,27H,9-15,17-18H2/t20-/m0/s1. The van der Waals surface area contributed by atoms with Gasteiger partial charge in [0.05, 0.1) is 6.61 Å². The van der Waals surface area contributed by atoms with Crippen LogP contribution in [-0.4, -0.2) is 53.0 Å². The molecule has 2 aliphatic rings. The Kier molecular flexibility index (Phi) is 6.08. The van der Waals surface area contributed by atoms with Gasteiger partial charge in [-0.3, -0.25) is 9.69 Å². The molecule has 0 spiro atoms. The lowest BCUT2D eigenvalue weighted by atomic mass is 9.97. The molecule has 4 rings (SSSR count). The van der Waals surface area contributed by atoms with Crippen LogP contribution < -0.4 is 0 Å². The summed E-state index contributed by atoms with van der Waals surface area (Å²) in [6.07, 6.45) is 4.48. The van der Waals surface area contributed by atoms with E-state index in [-0.39, 0.29) is 12.5 Å². The average Bonchev–Trinajstić information content (AvgIpc) is 3.22. The molecule has 0 radical (unpaired) electrons. The average molecular weight is 379 g/mol. The Bertz CT molecular complexity index is 784. The van der Waals surface area contributed by atoms with Crippen LogP contribution in [-0.2, 0) is 13.0 Å². The third-order valence-electron chi connectivity index (χ3n) is 6.30. The number of aliphatic hydroxyl groups is 1. The van der Waals surface area contributed by atoms with Gasteiger partial charge in [-0.1, -0.05) is 42.5 Å². The number of rotatable bonds is 5. The molecule has 2 fully saturated rings. The number of hydrogen-bond acceptors (Lipinski definition) is 3. The van der Waals surface area contributed by atoms with Crippen molar-refractivity contribution in [3.8, 4) is 0 Å². The molecule has 0 bridgehead atoms. The smallest absolute Gasteiger partial charge is 0.253 e. The largest absolute Gasteiger partial charge is 0.392 e. The second-order valence-corrected chi connectivity index (χ2v) is 8.22. The molecule has 4 nitrogen and oxygen atoms in total. The highest BCUT2D eigenvalue weighted by molar-refractivity contribution is 5.94. The maximum absolute atomic E-state index is 12.6. The van der Waals surface area contributed by atoms with Crippen LogP contribution in [0.3, 0.4) is 0 Å². The quantitative estimate of drug-likeness (QED) is 0.868. The van der Waals surface area contributed by atoms with Crippen molar-refractivity contribution in [2.24, 2.45) is 5.92 Å². The molecule has 28 heavy (non-hydrogen) atoms. The highest BCUT2D eigenvalue weighted by atomic mass is 16.3. The van der Waals surface area contributed by atoms with Crippen molar-refractivity contribution < 1.29 is 9.90 Å². The van der Waals surface area contributed by atoms with Gasteiger partial charge in [0.2, 0.25) is 0 Å². The summed E-state index contributed by atoms with van der Waals surface area (Å²) in [5.41, 5.74) is 3.14. The Hall–Kier alpha value is -2.17. The minimum absolute atomic E-state index is 0.116. The fourth-order valence-corrected chi connectivity index (χ4v) is 4.75. The van der Waals surface area contributed by atoms with Gasteiger partial charge in [0, 0.05) is 31.2 Å². The molecule has 0 aliphatic carbocycles. The van der Waals surface area contributed by atoms with Crippen molar-refractivity contribution >= 4 is 5.91 Å². The van der Waals surface area contributed by atoms with E-state index in [1.54, 1.807) is 0 Å². The molecule has 0 saturated carbocycles. The number of carbonyl (C=O) groups excluding carboxylic acids is 1. The van der Waals surface area contributed by atoms with E-state index in [1.165, 1.54) is 18.5 Å². The zero-order valence-electron chi connectivity index (χ0n) is 16.5. The van der Waals surface area contributed by atoms with Crippen molar-refractivity contribution in [2.75, 3.05) is 26.2 Å². The van der Waals surface area contributed by atoms with Crippen molar-refractivity contribution in [1.82, 2.24) is 9.80 Å². The lowest BCUT2D eigenvalue weighted by molar-refractivity contribution is 0.0641. The molecule has 1 N–H and O–H groups in total. The Morgan fingerprint density at radius 2 is 1.68 bits per heavy atom. The first-order valence-electron chi connectivity index (χ1n) is 10.5. The maximum Gasteiger partial charge on any atom is 0.253 e. The van der Waals surface area contributed by atoms with Gasteiger partial charge in [-0.05, 0) is 61.4 Å². The van der Waals surface area contributed by atoms with E-state index in [9.17, 15) is 9.90 Å². The van der Waals surface area contributed by atoms with Gasteiger partial charge in [0.1, 0.15) is 0 Å². The molecule has 1 amide bonds. The van der Waals surface area contributed by atoms with Crippen molar-refractivity contribution in [1.29, 1.82) is 0 Å². The van der Waals surface area contributed by atoms with E-state index in [2.05, 4.69) is 17.0 Å². The van der Waals surface area contributed by atoms with Crippen molar-refractivity contribution in [3.63, 3.8) is 0 Å². The van der Waals surface area contributed by atoms with Gasteiger partial charge in [-0.25, -0.2) is 0 Å². The summed E-state index contributed by atoms with van der Waals surface area (Å²) >= 11 is 0. The molecule has 2 aliphatic heterocycles. The molecule has 2 aromatic carbocycles. The van der Waals surface area contributed by atoms with Gasteiger partial charge in [0.15, 0.2) is 0 Å². The Balaban J connectivity index is 1.27. The summed E-state index contributed by atoms with van der Waals surface area (Å²) in [6, 6.07) is 18.6. The molecule has 4 heteroatoms. The van der Waals surface area contributed by atoms with Crippen molar-refractivity contribution in [2.45, 2.75) is 38.3 Å². The highest BCUT2D eigenvalue weighted by Crippen LogP contribution is 2.27. The van der Waals surface area contributed by atoms with Gasteiger partial charge in [0.25, 0.3) is 5.91 Å². The first kappa shape index (κ1) is 19.2. The van der Waals surface area contributed by atoms with Crippen LogP contribution in [0.4, 0.5) is 0 Å². The first-order chi connectivity index (χ1) is 13.7. The summed E-state index contributed by atoms with van der Waals surface area (Å²) < 4.78 is 0. The summed E-state index contributed by atoms with van der Waals surface area (Å²) in [6.45, 7) is 4.16. The zero-order valence-corrected chi connectivity index (χ0v) is 16.5. The lowest BCUT2D eigenvalue weighted by Gasteiger charge is -2.37. The lowest BCUT2D eigenvalue weighted by Crippen LogP contribution is -2.46. The Labute approximate surface area is 167 Å². The monoisotopic (exact) mass is 378 g/mol. The number of nitrogens with zero attached hydrogens (tertiary/aromatic N) is 2. The summed E-state index contributed by atoms with van der Waals surface area (Å²) in [7, 11) is 0. The maximum atomic E-state index is 12.6. The van der Waals surface area contributed by atoms with Gasteiger partial charge >= 0.3 is 0 Å². The topological polar surface area (TPSA) is 43.8 Å². The molecule has 2 aromatic rings. The van der Waals surface area contributed by atoms with E-state index in [4.69, 9.17) is 0 Å². The highest BCUT2D eigenvalue weighted by Gasteiger charge is 2.32. The van der Waals surface area contributed by atoms with Crippen LogP contribution in [0.5, 0.6) is 0 Å². The third kappa shape index (κ3) is 4.45. The van der Waals surface area contributed by atoms with Gasteiger partial charge < -0.3 is 10.0 Å². The first-order valence-corrected chi connectivity index (χ1v) is 10.5. The predicted octanol–water partition coefficient (Wildman–Crippen LogP) is 3.35. The van der Waals surface area contributed by atoms with E-state index < -0.39 is 0 Å². The zero-order chi connectivity index (χ0) is 19.3. The van der Waals surface area contributed by atoms with E-state index in [0.29, 0.717) is 12.0 Å². The third-order valence-corrected chi connectivity index (χ3v) is 6.30.